The van der Waals surface area contributed by atoms with Crippen molar-refractivity contribution in [3.8, 4) is 11.5 Å². The maximum Gasteiger partial charge on any atom is 1.00 e. The molecule has 0 spiro atoms. The first-order valence-electron chi connectivity index (χ1n) is 11.0. The van der Waals surface area contributed by atoms with E-state index in [0.717, 1.165) is 10.0 Å². The van der Waals surface area contributed by atoms with Crippen molar-refractivity contribution >= 4 is 37.8 Å². The minimum absolute atomic E-state index is 0. The number of alkyl halides is 3. The van der Waals surface area contributed by atoms with Gasteiger partial charge in [0.05, 0.1) is 46.0 Å². The van der Waals surface area contributed by atoms with Gasteiger partial charge in [-0.2, -0.15) is 13.2 Å². The van der Waals surface area contributed by atoms with E-state index in [1.807, 2.05) is 0 Å². The topological polar surface area (TPSA) is 138 Å². The number of pyridine rings is 1. The van der Waals surface area contributed by atoms with Crippen LogP contribution in [0.4, 0.5) is 13.2 Å². The van der Waals surface area contributed by atoms with Crippen LogP contribution in [0.1, 0.15) is 23.0 Å². The van der Waals surface area contributed by atoms with E-state index in [2.05, 4.69) is 9.97 Å². The molecule has 208 valence electrons. The monoisotopic (exact) mass is 607 g/mol. The Bertz CT molecular complexity index is 1720. The van der Waals surface area contributed by atoms with E-state index in [0.29, 0.717) is 0 Å². The number of ether oxygens (including phenoxy) is 2. The normalized spacial score (nSPS) is 12.5. The summed E-state index contributed by atoms with van der Waals surface area (Å²) in [6, 6.07) is 10.6. The van der Waals surface area contributed by atoms with Crippen molar-refractivity contribution in [1.82, 2.24) is 13.9 Å². The number of fused-ring (bicyclic) bond motifs is 1. The molecule has 1 unspecified atom stereocenters. The smallest absolute Gasteiger partial charge is 1.00 e. The van der Waals surface area contributed by atoms with Crippen LogP contribution in [0.15, 0.2) is 64.8 Å². The molecule has 1 atom stereocenters. The SMILES string of the molecule is COc1ccc(C(=O)O)cc1S(=O)(=O)n1c(S(=O)Cc2nccc(OCC(F)(F)F)c2C)nc2ccccc21.[H-].[Na+]. The van der Waals surface area contributed by atoms with E-state index in [1.165, 1.54) is 50.6 Å². The molecule has 0 aliphatic heterocycles. The number of imidazole rings is 1. The number of para-hydroxylation sites is 2. The Balaban J connectivity index is 0.00000294. The summed E-state index contributed by atoms with van der Waals surface area (Å²) in [7, 11) is -5.60. The van der Waals surface area contributed by atoms with Gasteiger partial charge in [0.15, 0.2) is 6.61 Å². The zero-order chi connectivity index (χ0) is 28.5. The van der Waals surface area contributed by atoms with Gasteiger partial charge in [-0.3, -0.25) is 9.19 Å². The van der Waals surface area contributed by atoms with Crippen molar-refractivity contribution in [3.63, 3.8) is 0 Å². The minimum atomic E-state index is -4.63. The summed E-state index contributed by atoms with van der Waals surface area (Å²) < 4.78 is 90.0. The van der Waals surface area contributed by atoms with Gasteiger partial charge in [-0.1, -0.05) is 12.1 Å². The average Bonchev–Trinajstić information content (AvgIpc) is 3.29. The molecule has 16 heteroatoms. The third kappa shape index (κ3) is 6.49. The fourth-order valence-electron chi connectivity index (χ4n) is 3.68. The number of hydrogen-bond acceptors (Lipinski definition) is 8. The molecule has 2 heterocycles. The quantitative estimate of drug-likeness (QED) is 0.277. The molecule has 0 fully saturated rings. The Morgan fingerprint density at radius 1 is 1.15 bits per heavy atom. The van der Waals surface area contributed by atoms with Crippen LogP contribution in [-0.2, 0) is 26.6 Å². The number of aromatic carboxylic acids is 1. The van der Waals surface area contributed by atoms with Gasteiger partial charge in [0, 0.05) is 11.8 Å². The van der Waals surface area contributed by atoms with E-state index in [-0.39, 0.29) is 70.3 Å². The van der Waals surface area contributed by atoms with E-state index in [1.54, 1.807) is 12.1 Å². The van der Waals surface area contributed by atoms with Crippen LogP contribution < -0.4 is 39.0 Å². The van der Waals surface area contributed by atoms with E-state index in [4.69, 9.17) is 9.47 Å². The number of carbonyl (C=O) groups is 1. The molecular formula is C24H21F3N3NaO7S2. The predicted octanol–water partition coefficient (Wildman–Crippen LogP) is 1.05. The molecule has 0 amide bonds. The van der Waals surface area contributed by atoms with Crippen LogP contribution in [0.25, 0.3) is 11.0 Å². The molecular weight excluding hydrogens is 586 g/mol. The Hall–Kier alpha value is -2.98. The largest absolute Gasteiger partial charge is 1.00 e. The summed E-state index contributed by atoms with van der Waals surface area (Å²) in [4.78, 5) is 19.4. The van der Waals surface area contributed by atoms with E-state index >= 15 is 0 Å². The molecule has 40 heavy (non-hydrogen) atoms. The summed E-state index contributed by atoms with van der Waals surface area (Å²) in [6.45, 7) is -0.0983. The van der Waals surface area contributed by atoms with Crippen LogP contribution in [0.3, 0.4) is 0 Å². The van der Waals surface area contributed by atoms with Crippen molar-refractivity contribution in [3.05, 3.63) is 71.5 Å². The Kier molecular flexibility index (Phi) is 9.67. The van der Waals surface area contributed by atoms with Gasteiger partial charge in [-0.25, -0.2) is 22.2 Å². The van der Waals surface area contributed by atoms with Crippen molar-refractivity contribution in [1.29, 1.82) is 0 Å². The Morgan fingerprint density at radius 3 is 2.50 bits per heavy atom. The summed E-state index contributed by atoms with van der Waals surface area (Å²) in [5.74, 6) is -2.05. The van der Waals surface area contributed by atoms with Gasteiger partial charge >= 0.3 is 41.7 Å². The number of carboxylic acids is 1. The maximum atomic E-state index is 13.9. The molecule has 4 aromatic rings. The van der Waals surface area contributed by atoms with Gasteiger partial charge in [0.1, 0.15) is 16.4 Å². The molecule has 0 aliphatic rings. The van der Waals surface area contributed by atoms with Crippen molar-refractivity contribution in [2.75, 3.05) is 13.7 Å². The zero-order valence-electron chi connectivity index (χ0n) is 22.3. The number of benzene rings is 2. The van der Waals surface area contributed by atoms with Crippen molar-refractivity contribution in [2.45, 2.75) is 28.9 Å². The summed E-state index contributed by atoms with van der Waals surface area (Å²) in [5, 5.41) is 8.99. The number of halogens is 3. The van der Waals surface area contributed by atoms with Gasteiger partial charge in [-0.05, 0) is 43.3 Å². The van der Waals surface area contributed by atoms with Crippen LogP contribution in [0.2, 0.25) is 0 Å². The fourth-order valence-corrected chi connectivity index (χ4v) is 6.91. The summed E-state index contributed by atoms with van der Waals surface area (Å²) in [6.07, 6.45) is -3.38. The van der Waals surface area contributed by atoms with E-state index < -0.39 is 55.4 Å². The number of carboxylic acid groups (broad SMARTS) is 1. The second kappa shape index (κ2) is 12.3. The Labute approximate surface area is 252 Å². The first-order chi connectivity index (χ1) is 18.3. The Morgan fingerprint density at radius 2 is 1.85 bits per heavy atom. The first kappa shape index (κ1) is 31.5. The van der Waals surface area contributed by atoms with Crippen molar-refractivity contribution in [2.24, 2.45) is 0 Å². The van der Waals surface area contributed by atoms with Gasteiger partial charge in [0.25, 0.3) is 10.0 Å². The van der Waals surface area contributed by atoms with Crippen LogP contribution in [0.5, 0.6) is 11.5 Å². The molecule has 1 N–H and O–H groups in total. The predicted molar refractivity (Wildman–Crippen MR) is 134 cm³/mol. The van der Waals surface area contributed by atoms with Crippen LogP contribution in [0, 0.1) is 6.92 Å². The number of methoxy groups -OCH3 is 1. The standard InChI is InChI=1S/C24H20F3N3O7S2.Na.H/c1-14-17(28-10-9-19(14)37-13-24(25,26)27)12-38(33)23-29-16-5-3-4-6-18(16)30(23)39(34,35)21-11-15(22(31)32)7-8-20(21)36-2;;/h3-11H,12-13H2,1-2H3,(H,31,32);;/q;+1;-1. The van der Waals surface area contributed by atoms with Gasteiger partial charge in [0.2, 0.25) is 5.16 Å². The minimum Gasteiger partial charge on any atom is -1.00 e. The molecule has 0 aliphatic carbocycles. The van der Waals surface area contributed by atoms with Crippen LogP contribution in [-0.4, -0.2) is 57.5 Å². The maximum absolute atomic E-state index is 13.9. The number of nitrogens with zero attached hydrogens (tertiary/aromatic N) is 3. The molecule has 0 radical (unpaired) electrons. The second-order valence-corrected chi connectivity index (χ2v) is 11.2. The van der Waals surface area contributed by atoms with Gasteiger partial charge in [-0.15, -0.1) is 0 Å². The molecule has 2 aromatic heterocycles. The number of hydrogen-bond donors (Lipinski definition) is 1. The first-order valence-corrected chi connectivity index (χ1v) is 13.8. The van der Waals surface area contributed by atoms with Gasteiger partial charge < -0.3 is 16.0 Å². The average molecular weight is 608 g/mol. The number of aromatic nitrogens is 3. The number of rotatable bonds is 9. The molecule has 2 aromatic carbocycles. The summed E-state index contributed by atoms with van der Waals surface area (Å²) >= 11 is 0. The molecule has 0 saturated carbocycles. The third-order valence-corrected chi connectivity index (χ3v) is 8.60. The third-order valence-electron chi connectivity index (χ3n) is 5.54. The molecule has 0 bridgehead atoms. The second-order valence-electron chi connectivity index (χ2n) is 8.10. The summed E-state index contributed by atoms with van der Waals surface area (Å²) in [5.41, 5.74) is 0.225. The molecule has 0 saturated heterocycles. The van der Waals surface area contributed by atoms with E-state index in [9.17, 15) is 35.7 Å². The van der Waals surface area contributed by atoms with Crippen molar-refractivity contribution < 1.29 is 76.2 Å². The van der Waals surface area contributed by atoms with Crippen LogP contribution >= 0.6 is 0 Å². The fraction of sp³-hybridized carbons (Fsp3) is 0.208. The zero-order valence-corrected chi connectivity index (χ0v) is 24.9. The molecule has 10 nitrogen and oxygen atoms in total. The molecule has 4 rings (SSSR count).